The van der Waals surface area contributed by atoms with Crippen molar-refractivity contribution in [2.24, 2.45) is 11.3 Å². The zero-order valence-corrected chi connectivity index (χ0v) is 10.9. The molecule has 2 heterocycles. The Morgan fingerprint density at radius 3 is 2.00 bits per heavy atom. The Morgan fingerprint density at radius 2 is 1.60 bits per heavy atom. The monoisotopic (exact) mass is 209 g/mol. The van der Waals surface area contributed by atoms with Crippen LogP contribution in [-0.4, -0.2) is 23.5 Å². The minimum Gasteiger partial charge on any atom is -0.297 e. The van der Waals surface area contributed by atoms with E-state index in [2.05, 4.69) is 32.6 Å². The van der Waals surface area contributed by atoms with Crippen molar-refractivity contribution in [3.05, 3.63) is 0 Å². The summed E-state index contributed by atoms with van der Waals surface area (Å²) in [7, 11) is 0. The van der Waals surface area contributed by atoms with Crippen molar-refractivity contribution in [2.75, 3.05) is 6.54 Å². The molecule has 15 heavy (non-hydrogen) atoms. The van der Waals surface area contributed by atoms with Crippen LogP contribution in [0.25, 0.3) is 0 Å². The van der Waals surface area contributed by atoms with Gasteiger partial charge in [-0.15, -0.1) is 0 Å². The van der Waals surface area contributed by atoms with Crippen LogP contribution < -0.4 is 0 Å². The van der Waals surface area contributed by atoms with Crippen molar-refractivity contribution >= 4 is 0 Å². The fourth-order valence-corrected chi connectivity index (χ4v) is 3.60. The van der Waals surface area contributed by atoms with Gasteiger partial charge in [-0.3, -0.25) is 4.90 Å². The van der Waals surface area contributed by atoms with E-state index in [1.165, 1.54) is 38.6 Å². The van der Waals surface area contributed by atoms with Gasteiger partial charge in [-0.1, -0.05) is 27.7 Å². The molecule has 2 fully saturated rings. The summed E-state index contributed by atoms with van der Waals surface area (Å²) in [6, 6.07) is 1.85. The largest absolute Gasteiger partial charge is 0.297 e. The molecular weight excluding hydrogens is 182 g/mol. The topological polar surface area (TPSA) is 3.24 Å². The third-order valence-corrected chi connectivity index (χ3v) is 4.59. The van der Waals surface area contributed by atoms with E-state index in [0.29, 0.717) is 5.41 Å². The molecule has 0 radical (unpaired) electrons. The van der Waals surface area contributed by atoms with Crippen LogP contribution in [0.15, 0.2) is 0 Å². The summed E-state index contributed by atoms with van der Waals surface area (Å²) in [6.45, 7) is 10.9. The molecule has 0 aromatic rings. The highest BCUT2D eigenvalue weighted by Crippen LogP contribution is 2.45. The summed E-state index contributed by atoms with van der Waals surface area (Å²) in [6.07, 6.45) is 7.18. The molecule has 2 saturated heterocycles. The molecule has 2 aliphatic heterocycles. The molecular formula is C14H27N. The van der Waals surface area contributed by atoms with Gasteiger partial charge in [0, 0.05) is 12.1 Å². The van der Waals surface area contributed by atoms with Crippen molar-refractivity contribution in [3.8, 4) is 0 Å². The van der Waals surface area contributed by atoms with Gasteiger partial charge in [0.25, 0.3) is 0 Å². The highest BCUT2D eigenvalue weighted by molar-refractivity contribution is 4.97. The van der Waals surface area contributed by atoms with E-state index in [0.717, 1.165) is 18.0 Å². The number of fused-ring (bicyclic) bond motifs is 2. The number of piperidine rings is 1. The molecule has 88 valence electrons. The summed E-state index contributed by atoms with van der Waals surface area (Å²) < 4.78 is 0. The normalized spacial score (nSPS) is 37.2. The van der Waals surface area contributed by atoms with Crippen LogP contribution in [0.3, 0.4) is 0 Å². The van der Waals surface area contributed by atoms with Gasteiger partial charge in [0.05, 0.1) is 0 Å². The molecule has 0 aromatic carbocycles. The van der Waals surface area contributed by atoms with Crippen LogP contribution in [0.5, 0.6) is 0 Å². The highest BCUT2D eigenvalue weighted by atomic mass is 15.2. The van der Waals surface area contributed by atoms with E-state index in [1.807, 2.05) is 0 Å². The number of rotatable bonds is 2. The van der Waals surface area contributed by atoms with Crippen LogP contribution >= 0.6 is 0 Å². The first-order valence-corrected chi connectivity index (χ1v) is 6.78. The SMILES string of the molecule is CCCN1[C@@H]2CC[C@H]1CC(C(C)(C)C)C2. The second kappa shape index (κ2) is 4.08. The van der Waals surface area contributed by atoms with E-state index in [4.69, 9.17) is 0 Å². The molecule has 3 atom stereocenters. The van der Waals surface area contributed by atoms with Gasteiger partial charge in [0.15, 0.2) is 0 Å². The number of nitrogens with zero attached hydrogens (tertiary/aromatic N) is 1. The van der Waals surface area contributed by atoms with Gasteiger partial charge >= 0.3 is 0 Å². The van der Waals surface area contributed by atoms with E-state index < -0.39 is 0 Å². The quantitative estimate of drug-likeness (QED) is 0.670. The maximum absolute atomic E-state index is 2.81. The molecule has 1 unspecified atom stereocenters. The Morgan fingerprint density at radius 1 is 1.07 bits per heavy atom. The molecule has 1 nitrogen and oxygen atoms in total. The Labute approximate surface area is 95.2 Å². The average Bonchev–Trinajstić information content (AvgIpc) is 2.40. The van der Waals surface area contributed by atoms with Crippen molar-refractivity contribution < 1.29 is 0 Å². The van der Waals surface area contributed by atoms with Crippen molar-refractivity contribution in [1.82, 2.24) is 4.90 Å². The first kappa shape index (κ1) is 11.4. The first-order valence-electron chi connectivity index (χ1n) is 6.78. The van der Waals surface area contributed by atoms with E-state index in [1.54, 1.807) is 0 Å². The van der Waals surface area contributed by atoms with Gasteiger partial charge in [0.2, 0.25) is 0 Å². The second-order valence-electron chi connectivity index (χ2n) is 6.66. The molecule has 0 N–H and O–H groups in total. The molecule has 2 rings (SSSR count). The van der Waals surface area contributed by atoms with Gasteiger partial charge in [0.1, 0.15) is 0 Å². The average molecular weight is 209 g/mol. The summed E-state index contributed by atoms with van der Waals surface area (Å²) in [5.74, 6) is 0.961. The van der Waals surface area contributed by atoms with Crippen molar-refractivity contribution in [1.29, 1.82) is 0 Å². The fourth-order valence-electron chi connectivity index (χ4n) is 3.60. The van der Waals surface area contributed by atoms with Gasteiger partial charge in [-0.2, -0.15) is 0 Å². The zero-order valence-electron chi connectivity index (χ0n) is 10.9. The van der Waals surface area contributed by atoms with Gasteiger partial charge < -0.3 is 0 Å². The Kier molecular flexibility index (Phi) is 3.12. The minimum absolute atomic E-state index is 0.527. The Bertz CT molecular complexity index is 202. The van der Waals surface area contributed by atoms with E-state index >= 15 is 0 Å². The molecule has 2 aliphatic rings. The Balaban J connectivity index is 2.02. The Hall–Kier alpha value is -0.0400. The predicted octanol–water partition coefficient (Wildman–Crippen LogP) is 3.69. The van der Waals surface area contributed by atoms with Crippen LogP contribution in [-0.2, 0) is 0 Å². The summed E-state index contributed by atoms with van der Waals surface area (Å²) >= 11 is 0. The molecule has 0 aromatic heterocycles. The molecule has 0 aliphatic carbocycles. The molecule has 0 amide bonds. The molecule has 0 saturated carbocycles. The first-order chi connectivity index (χ1) is 7.02. The van der Waals surface area contributed by atoms with Crippen LogP contribution in [0, 0.1) is 11.3 Å². The van der Waals surface area contributed by atoms with Gasteiger partial charge in [-0.25, -0.2) is 0 Å². The third-order valence-electron chi connectivity index (χ3n) is 4.59. The number of hydrogen-bond donors (Lipinski definition) is 0. The molecule has 0 spiro atoms. The highest BCUT2D eigenvalue weighted by Gasteiger charge is 2.43. The maximum Gasteiger partial charge on any atom is 0.0102 e. The van der Waals surface area contributed by atoms with Crippen molar-refractivity contribution in [3.63, 3.8) is 0 Å². The lowest BCUT2D eigenvalue weighted by Gasteiger charge is -2.43. The summed E-state index contributed by atoms with van der Waals surface area (Å²) in [5.41, 5.74) is 0.527. The lowest BCUT2D eigenvalue weighted by Crippen LogP contribution is -2.45. The molecule has 1 heteroatoms. The van der Waals surface area contributed by atoms with Crippen LogP contribution in [0.4, 0.5) is 0 Å². The third kappa shape index (κ3) is 2.22. The maximum atomic E-state index is 2.81. The lowest BCUT2D eigenvalue weighted by molar-refractivity contribution is 0.0550. The smallest absolute Gasteiger partial charge is 0.0102 e. The number of hydrogen-bond acceptors (Lipinski definition) is 1. The lowest BCUT2D eigenvalue weighted by atomic mass is 9.73. The standard InChI is InChI=1S/C14H27N/c1-5-8-15-12-6-7-13(15)10-11(9-12)14(2,3)4/h11-13H,5-10H2,1-4H3/t11?,12-,13+. The van der Waals surface area contributed by atoms with Crippen LogP contribution in [0.2, 0.25) is 0 Å². The van der Waals surface area contributed by atoms with Crippen molar-refractivity contribution in [2.45, 2.75) is 71.9 Å². The fraction of sp³-hybridized carbons (Fsp3) is 1.00. The predicted molar refractivity (Wildman–Crippen MR) is 66.0 cm³/mol. The zero-order chi connectivity index (χ0) is 11.1. The molecule has 2 bridgehead atoms. The van der Waals surface area contributed by atoms with Crippen LogP contribution in [0.1, 0.15) is 59.8 Å². The van der Waals surface area contributed by atoms with E-state index in [9.17, 15) is 0 Å². The van der Waals surface area contributed by atoms with Gasteiger partial charge in [-0.05, 0) is 50.0 Å². The van der Waals surface area contributed by atoms with E-state index in [-0.39, 0.29) is 0 Å². The summed E-state index contributed by atoms with van der Waals surface area (Å²) in [5, 5.41) is 0. The summed E-state index contributed by atoms with van der Waals surface area (Å²) in [4.78, 5) is 2.81. The minimum atomic E-state index is 0.527. The second-order valence-corrected chi connectivity index (χ2v) is 6.66.